The van der Waals surface area contributed by atoms with Crippen molar-refractivity contribution in [2.45, 2.75) is 31.8 Å². The van der Waals surface area contributed by atoms with Gasteiger partial charge < -0.3 is 5.32 Å². The van der Waals surface area contributed by atoms with Crippen molar-refractivity contribution >= 4 is 0 Å². The van der Waals surface area contributed by atoms with Crippen LogP contribution >= 0.6 is 0 Å². The van der Waals surface area contributed by atoms with Gasteiger partial charge in [-0.05, 0) is 31.2 Å². The molecule has 0 saturated heterocycles. The Bertz CT molecular complexity index is 477. The Morgan fingerprint density at radius 1 is 1.28 bits per heavy atom. The van der Waals surface area contributed by atoms with Crippen LogP contribution in [0.5, 0.6) is 0 Å². The summed E-state index contributed by atoms with van der Waals surface area (Å²) in [6.07, 6.45) is 2.59. The minimum absolute atomic E-state index is 0.106. The Morgan fingerprint density at radius 2 is 2.06 bits per heavy atom. The largest absolute Gasteiger partial charge is 0.300 e. The monoisotopic (exact) mass is 243 g/mol. The molecule has 1 aliphatic rings. The fourth-order valence-corrected chi connectivity index (χ4v) is 2.29. The Balaban J connectivity index is 1.75. The van der Waals surface area contributed by atoms with Gasteiger partial charge in [0, 0.05) is 6.04 Å². The summed E-state index contributed by atoms with van der Waals surface area (Å²) < 4.78 is 0. The van der Waals surface area contributed by atoms with Crippen molar-refractivity contribution in [1.82, 2.24) is 25.9 Å². The van der Waals surface area contributed by atoms with Crippen molar-refractivity contribution in [3.8, 4) is 0 Å². The van der Waals surface area contributed by atoms with E-state index in [0.29, 0.717) is 6.04 Å². The number of benzene rings is 1. The molecule has 18 heavy (non-hydrogen) atoms. The standard InChI is InChI=1S/C13H17N5/c1-9(13-15-17-18-16-13)14-12(11-7-8-11)10-5-3-2-4-6-10/h2-6,9,11-12,14H,7-8H2,1H3,(H,15,16,17,18). The minimum Gasteiger partial charge on any atom is -0.300 e. The second-order valence-corrected chi connectivity index (χ2v) is 4.88. The van der Waals surface area contributed by atoms with Crippen LogP contribution in [0.2, 0.25) is 0 Å². The Hall–Kier alpha value is -1.75. The first-order valence-corrected chi connectivity index (χ1v) is 6.39. The summed E-state index contributed by atoms with van der Waals surface area (Å²) in [5.74, 6) is 1.46. The number of hydrogen-bond acceptors (Lipinski definition) is 4. The second kappa shape index (κ2) is 4.86. The van der Waals surface area contributed by atoms with E-state index in [-0.39, 0.29) is 6.04 Å². The Labute approximate surface area is 106 Å². The predicted molar refractivity (Wildman–Crippen MR) is 67.6 cm³/mol. The number of nitrogens with zero attached hydrogens (tertiary/aromatic N) is 3. The fourth-order valence-electron chi connectivity index (χ4n) is 2.29. The van der Waals surface area contributed by atoms with Crippen LogP contribution in [0.15, 0.2) is 30.3 Å². The molecule has 1 saturated carbocycles. The van der Waals surface area contributed by atoms with Gasteiger partial charge in [0.15, 0.2) is 5.82 Å². The Morgan fingerprint density at radius 3 is 2.67 bits per heavy atom. The fraction of sp³-hybridized carbons (Fsp3) is 0.462. The van der Waals surface area contributed by atoms with E-state index in [0.717, 1.165) is 11.7 Å². The van der Waals surface area contributed by atoms with Crippen molar-refractivity contribution in [1.29, 1.82) is 0 Å². The lowest BCUT2D eigenvalue weighted by atomic mass is 10.0. The highest BCUT2D eigenvalue weighted by Crippen LogP contribution is 2.41. The molecule has 3 rings (SSSR count). The number of aromatic nitrogens is 4. The van der Waals surface area contributed by atoms with E-state index >= 15 is 0 Å². The van der Waals surface area contributed by atoms with E-state index in [1.807, 2.05) is 0 Å². The van der Waals surface area contributed by atoms with Crippen molar-refractivity contribution in [3.63, 3.8) is 0 Å². The van der Waals surface area contributed by atoms with Gasteiger partial charge in [-0.3, -0.25) is 0 Å². The number of hydrogen-bond donors (Lipinski definition) is 2. The third-order valence-corrected chi connectivity index (χ3v) is 3.43. The molecule has 2 aromatic rings. The molecule has 1 aromatic heterocycles. The number of aromatic amines is 1. The van der Waals surface area contributed by atoms with E-state index in [4.69, 9.17) is 0 Å². The molecule has 0 spiro atoms. The zero-order valence-electron chi connectivity index (χ0n) is 10.4. The summed E-state index contributed by atoms with van der Waals surface area (Å²) in [7, 11) is 0. The zero-order valence-corrected chi connectivity index (χ0v) is 10.4. The summed E-state index contributed by atoms with van der Waals surface area (Å²) in [5.41, 5.74) is 1.34. The van der Waals surface area contributed by atoms with E-state index in [2.05, 4.69) is 63.2 Å². The summed E-state index contributed by atoms with van der Waals surface area (Å²) >= 11 is 0. The van der Waals surface area contributed by atoms with E-state index in [9.17, 15) is 0 Å². The highest BCUT2D eigenvalue weighted by Gasteiger charge is 2.33. The molecule has 0 bridgehead atoms. The molecule has 2 unspecified atom stereocenters. The van der Waals surface area contributed by atoms with Gasteiger partial charge in [0.25, 0.3) is 0 Å². The Kier molecular flexibility index (Phi) is 3.06. The van der Waals surface area contributed by atoms with Crippen molar-refractivity contribution < 1.29 is 0 Å². The lowest BCUT2D eigenvalue weighted by molar-refractivity contribution is 0.416. The van der Waals surface area contributed by atoms with Gasteiger partial charge in [0.05, 0.1) is 6.04 Å². The van der Waals surface area contributed by atoms with Crippen LogP contribution in [0, 0.1) is 5.92 Å². The first-order chi connectivity index (χ1) is 8.84. The van der Waals surface area contributed by atoms with E-state index in [1.54, 1.807) is 0 Å². The topological polar surface area (TPSA) is 66.5 Å². The normalized spacial score (nSPS) is 18.5. The molecular weight excluding hydrogens is 226 g/mol. The van der Waals surface area contributed by atoms with Gasteiger partial charge in [-0.15, -0.1) is 10.2 Å². The highest BCUT2D eigenvalue weighted by atomic mass is 15.5. The SMILES string of the molecule is CC(NC(c1ccccc1)C1CC1)c1nn[nH]n1. The van der Waals surface area contributed by atoms with Crippen LogP contribution in [0.4, 0.5) is 0 Å². The maximum atomic E-state index is 4.03. The zero-order chi connectivity index (χ0) is 12.4. The third-order valence-electron chi connectivity index (χ3n) is 3.43. The second-order valence-electron chi connectivity index (χ2n) is 4.88. The first kappa shape index (κ1) is 11.3. The maximum absolute atomic E-state index is 4.03. The molecule has 5 nitrogen and oxygen atoms in total. The van der Waals surface area contributed by atoms with Gasteiger partial charge in [-0.25, -0.2) is 0 Å². The number of rotatable bonds is 5. The first-order valence-electron chi connectivity index (χ1n) is 6.39. The molecule has 2 atom stereocenters. The maximum Gasteiger partial charge on any atom is 0.191 e. The van der Waals surface area contributed by atoms with Gasteiger partial charge >= 0.3 is 0 Å². The molecule has 94 valence electrons. The van der Waals surface area contributed by atoms with Crippen LogP contribution in [0.3, 0.4) is 0 Å². The van der Waals surface area contributed by atoms with Crippen LogP contribution in [0.25, 0.3) is 0 Å². The summed E-state index contributed by atoms with van der Waals surface area (Å²) in [5, 5.41) is 17.8. The van der Waals surface area contributed by atoms with Gasteiger partial charge in [0.2, 0.25) is 0 Å². The lowest BCUT2D eigenvalue weighted by Crippen LogP contribution is -2.27. The molecule has 1 fully saturated rings. The van der Waals surface area contributed by atoms with Crippen molar-refractivity contribution in [3.05, 3.63) is 41.7 Å². The average Bonchev–Trinajstić information content (AvgIpc) is 3.10. The molecule has 1 aromatic carbocycles. The van der Waals surface area contributed by atoms with Crippen molar-refractivity contribution in [2.24, 2.45) is 5.92 Å². The van der Waals surface area contributed by atoms with Gasteiger partial charge in [0.1, 0.15) is 0 Å². The number of H-pyrrole nitrogens is 1. The molecular formula is C13H17N5. The predicted octanol–water partition coefficient (Wildman–Crippen LogP) is 2.00. The third kappa shape index (κ3) is 2.41. The quantitative estimate of drug-likeness (QED) is 0.843. The van der Waals surface area contributed by atoms with Crippen molar-refractivity contribution in [2.75, 3.05) is 0 Å². The molecule has 0 radical (unpaired) electrons. The van der Waals surface area contributed by atoms with Crippen LogP contribution in [-0.4, -0.2) is 20.6 Å². The molecule has 0 aliphatic heterocycles. The molecule has 5 heteroatoms. The van der Waals surface area contributed by atoms with Crippen LogP contribution in [-0.2, 0) is 0 Å². The molecule has 0 amide bonds. The van der Waals surface area contributed by atoms with Gasteiger partial charge in [-0.1, -0.05) is 35.5 Å². The van der Waals surface area contributed by atoms with E-state index in [1.165, 1.54) is 18.4 Å². The molecule has 1 aliphatic carbocycles. The summed E-state index contributed by atoms with van der Waals surface area (Å²) in [4.78, 5) is 0. The number of tetrazole rings is 1. The highest BCUT2D eigenvalue weighted by molar-refractivity contribution is 5.21. The van der Waals surface area contributed by atoms with E-state index < -0.39 is 0 Å². The van der Waals surface area contributed by atoms with Gasteiger partial charge in [-0.2, -0.15) is 5.21 Å². The molecule has 2 N–H and O–H groups in total. The summed E-state index contributed by atoms with van der Waals surface area (Å²) in [6.45, 7) is 2.07. The average molecular weight is 243 g/mol. The summed E-state index contributed by atoms with van der Waals surface area (Å²) in [6, 6.07) is 11.1. The van der Waals surface area contributed by atoms with Crippen LogP contribution in [0.1, 0.15) is 43.2 Å². The minimum atomic E-state index is 0.106. The lowest BCUT2D eigenvalue weighted by Gasteiger charge is -2.22. The molecule has 1 heterocycles. The number of nitrogens with one attached hydrogen (secondary N) is 2. The van der Waals surface area contributed by atoms with Crippen LogP contribution < -0.4 is 5.32 Å². The smallest absolute Gasteiger partial charge is 0.191 e.